The molecule has 2 N–H and O–H groups in total. The average molecular weight is 280 g/mol. The molecule has 6 heteroatoms. The molecule has 1 aliphatic heterocycles. The molecule has 0 saturated carbocycles. The Morgan fingerprint density at radius 1 is 1.44 bits per heavy atom. The number of thiocarbonyl (C=S) groups is 1. The van der Waals surface area contributed by atoms with Crippen LogP contribution in [0, 0.1) is 0 Å². The second-order valence-corrected chi connectivity index (χ2v) is 6.52. The predicted molar refractivity (Wildman–Crippen MR) is 78.7 cm³/mol. The molecule has 1 rings (SSSR count). The van der Waals surface area contributed by atoms with E-state index >= 15 is 0 Å². The van der Waals surface area contributed by atoms with Gasteiger partial charge in [0.1, 0.15) is 0 Å². The maximum Gasteiger partial charge on any atom is 0.166 e. The third-order valence-electron chi connectivity index (χ3n) is 2.19. The smallest absolute Gasteiger partial charge is 0.166 e. The minimum absolute atomic E-state index is 0.706. The van der Waals surface area contributed by atoms with Gasteiger partial charge in [0.15, 0.2) is 5.11 Å². The fourth-order valence-corrected chi connectivity index (χ4v) is 4.14. The topological polar surface area (TPSA) is 33.3 Å². The SMILES string of the molecule is COCCCNC(=S)NCC1CSCCS1. The molecular formula is C10H20N2OS3. The van der Waals surface area contributed by atoms with Crippen molar-refractivity contribution in [3.8, 4) is 0 Å². The first-order chi connectivity index (χ1) is 7.83. The minimum atomic E-state index is 0.706. The molecule has 0 aliphatic carbocycles. The lowest BCUT2D eigenvalue weighted by atomic mass is 10.4. The standard InChI is InChI=1S/C10H20N2OS3/c1-13-4-2-3-11-10(14)12-7-9-8-15-5-6-16-9/h9H,2-8H2,1H3,(H2,11,12,14). The van der Waals surface area contributed by atoms with Crippen LogP contribution in [0.25, 0.3) is 0 Å². The van der Waals surface area contributed by atoms with E-state index in [0.29, 0.717) is 5.25 Å². The fourth-order valence-electron chi connectivity index (χ4n) is 1.34. The lowest BCUT2D eigenvalue weighted by molar-refractivity contribution is 0.195. The fraction of sp³-hybridized carbons (Fsp3) is 0.900. The van der Waals surface area contributed by atoms with E-state index in [2.05, 4.69) is 10.6 Å². The zero-order valence-corrected chi connectivity index (χ0v) is 12.1. The van der Waals surface area contributed by atoms with E-state index in [1.54, 1.807) is 7.11 Å². The summed E-state index contributed by atoms with van der Waals surface area (Å²) in [5, 5.41) is 7.93. The van der Waals surface area contributed by atoms with Gasteiger partial charge >= 0.3 is 0 Å². The highest BCUT2D eigenvalue weighted by Crippen LogP contribution is 2.23. The molecule has 1 unspecified atom stereocenters. The molecule has 0 bridgehead atoms. The third-order valence-corrected chi connectivity index (χ3v) is 5.32. The molecule has 1 fully saturated rings. The van der Waals surface area contributed by atoms with Crippen LogP contribution in [0.3, 0.4) is 0 Å². The van der Waals surface area contributed by atoms with Crippen LogP contribution < -0.4 is 10.6 Å². The number of rotatable bonds is 6. The highest BCUT2D eigenvalue weighted by atomic mass is 32.2. The van der Waals surface area contributed by atoms with Crippen LogP contribution in [0.4, 0.5) is 0 Å². The molecule has 94 valence electrons. The highest BCUT2D eigenvalue weighted by Gasteiger charge is 2.13. The van der Waals surface area contributed by atoms with Crippen molar-refractivity contribution in [2.45, 2.75) is 11.7 Å². The number of hydrogen-bond acceptors (Lipinski definition) is 4. The second kappa shape index (κ2) is 9.39. The zero-order chi connectivity index (χ0) is 11.6. The largest absolute Gasteiger partial charge is 0.385 e. The van der Waals surface area contributed by atoms with Gasteiger partial charge in [-0.05, 0) is 18.6 Å². The molecule has 1 aliphatic rings. The van der Waals surface area contributed by atoms with Gasteiger partial charge in [-0.25, -0.2) is 0 Å². The molecule has 1 heterocycles. The quantitative estimate of drug-likeness (QED) is 0.564. The van der Waals surface area contributed by atoms with Crippen molar-refractivity contribution < 1.29 is 4.74 Å². The molecular weight excluding hydrogens is 260 g/mol. The van der Waals surface area contributed by atoms with Gasteiger partial charge < -0.3 is 15.4 Å². The van der Waals surface area contributed by atoms with E-state index in [9.17, 15) is 0 Å². The first kappa shape index (κ1) is 14.4. The van der Waals surface area contributed by atoms with Crippen molar-refractivity contribution in [2.75, 3.05) is 44.1 Å². The Balaban J connectivity index is 1.96. The Morgan fingerprint density at radius 2 is 2.31 bits per heavy atom. The molecule has 16 heavy (non-hydrogen) atoms. The van der Waals surface area contributed by atoms with Gasteiger partial charge in [-0.2, -0.15) is 23.5 Å². The van der Waals surface area contributed by atoms with Crippen LogP contribution in [0.2, 0.25) is 0 Å². The van der Waals surface area contributed by atoms with Gasteiger partial charge in [-0.15, -0.1) is 0 Å². The van der Waals surface area contributed by atoms with Gasteiger partial charge in [0.25, 0.3) is 0 Å². The van der Waals surface area contributed by atoms with Gasteiger partial charge in [-0.1, -0.05) is 0 Å². The van der Waals surface area contributed by atoms with Crippen molar-refractivity contribution in [3.05, 3.63) is 0 Å². The van der Waals surface area contributed by atoms with E-state index in [-0.39, 0.29) is 0 Å². The second-order valence-electron chi connectivity index (χ2n) is 3.55. The number of methoxy groups -OCH3 is 1. The first-order valence-corrected chi connectivity index (χ1v) is 8.14. The first-order valence-electron chi connectivity index (χ1n) is 5.53. The molecule has 0 amide bonds. The van der Waals surface area contributed by atoms with E-state index in [1.165, 1.54) is 17.3 Å². The van der Waals surface area contributed by atoms with Crippen molar-refractivity contribution in [1.29, 1.82) is 0 Å². The Bertz CT molecular complexity index is 199. The molecule has 0 aromatic heterocycles. The third kappa shape index (κ3) is 6.83. The monoisotopic (exact) mass is 280 g/mol. The van der Waals surface area contributed by atoms with Gasteiger partial charge in [0.2, 0.25) is 0 Å². The molecule has 0 spiro atoms. The maximum absolute atomic E-state index is 5.19. The lowest BCUT2D eigenvalue weighted by Crippen LogP contribution is -2.40. The van der Waals surface area contributed by atoms with Crippen molar-refractivity contribution in [2.24, 2.45) is 0 Å². The minimum Gasteiger partial charge on any atom is -0.385 e. The summed E-state index contributed by atoms with van der Waals surface area (Å²) >= 11 is 9.28. The summed E-state index contributed by atoms with van der Waals surface area (Å²) in [5.74, 6) is 3.80. The molecule has 0 aromatic rings. The van der Waals surface area contributed by atoms with Gasteiger partial charge in [0, 0.05) is 49.3 Å². The summed E-state index contributed by atoms with van der Waals surface area (Å²) in [6.45, 7) is 2.64. The van der Waals surface area contributed by atoms with Crippen molar-refractivity contribution in [3.63, 3.8) is 0 Å². The Hall–Kier alpha value is 0.350. The van der Waals surface area contributed by atoms with E-state index in [0.717, 1.165) is 31.2 Å². The van der Waals surface area contributed by atoms with Crippen LogP contribution in [-0.4, -0.2) is 54.4 Å². The van der Waals surface area contributed by atoms with Crippen LogP contribution in [0.1, 0.15) is 6.42 Å². The van der Waals surface area contributed by atoms with E-state index in [1.807, 2.05) is 23.5 Å². The van der Waals surface area contributed by atoms with Crippen LogP contribution in [-0.2, 0) is 4.74 Å². The van der Waals surface area contributed by atoms with Gasteiger partial charge in [-0.3, -0.25) is 0 Å². The Kier molecular flexibility index (Phi) is 8.46. The summed E-state index contributed by atoms with van der Waals surface area (Å²) < 4.78 is 4.97. The Morgan fingerprint density at radius 3 is 3.00 bits per heavy atom. The number of ether oxygens (including phenoxy) is 1. The average Bonchev–Trinajstić information content (AvgIpc) is 2.33. The van der Waals surface area contributed by atoms with Gasteiger partial charge in [0.05, 0.1) is 0 Å². The van der Waals surface area contributed by atoms with Crippen LogP contribution in [0.15, 0.2) is 0 Å². The molecule has 1 saturated heterocycles. The lowest BCUT2D eigenvalue weighted by Gasteiger charge is -2.22. The number of nitrogens with one attached hydrogen (secondary N) is 2. The maximum atomic E-state index is 5.19. The zero-order valence-electron chi connectivity index (χ0n) is 9.66. The highest BCUT2D eigenvalue weighted by molar-refractivity contribution is 8.06. The number of hydrogen-bond donors (Lipinski definition) is 2. The number of thioether (sulfide) groups is 2. The molecule has 0 radical (unpaired) electrons. The predicted octanol–water partition coefficient (Wildman–Crippen LogP) is 1.34. The summed E-state index contributed by atoms with van der Waals surface area (Å²) in [5.41, 5.74) is 0. The van der Waals surface area contributed by atoms with Crippen LogP contribution in [0.5, 0.6) is 0 Å². The summed E-state index contributed by atoms with van der Waals surface area (Å²) in [6.07, 6.45) is 0.992. The van der Waals surface area contributed by atoms with E-state index < -0.39 is 0 Å². The van der Waals surface area contributed by atoms with Crippen molar-refractivity contribution >= 4 is 40.9 Å². The molecule has 3 nitrogen and oxygen atoms in total. The molecule has 1 atom stereocenters. The van der Waals surface area contributed by atoms with Crippen molar-refractivity contribution in [1.82, 2.24) is 10.6 Å². The normalized spacial score (nSPS) is 20.4. The molecule has 0 aromatic carbocycles. The van der Waals surface area contributed by atoms with E-state index in [4.69, 9.17) is 17.0 Å². The van der Waals surface area contributed by atoms with Crippen LogP contribution >= 0.6 is 35.7 Å². The summed E-state index contributed by atoms with van der Waals surface area (Å²) in [4.78, 5) is 0. The summed E-state index contributed by atoms with van der Waals surface area (Å²) in [7, 11) is 1.72. The Labute approximate surface area is 112 Å². The summed E-state index contributed by atoms with van der Waals surface area (Å²) in [6, 6.07) is 0.